The molecule has 0 N–H and O–H groups in total. The van der Waals surface area contributed by atoms with Crippen LogP contribution in [0.2, 0.25) is 0 Å². The number of nitrogens with zero attached hydrogens (tertiary/aromatic N) is 5. The van der Waals surface area contributed by atoms with Gasteiger partial charge in [0, 0.05) is 32.0 Å². The molecule has 33 heavy (non-hydrogen) atoms. The Morgan fingerprint density at radius 2 is 1.94 bits per heavy atom. The number of aromatic nitrogens is 3. The topological polar surface area (TPSA) is 84.0 Å². The first-order valence-electron chi connectivity index (χ1n) is 10.5. The van der Waals surface area contributed by atoms with E-state index in [4.69, 9.17) is 4.74 Å². The normalized spacial score (nSPS) is 21.1. The van der Waals surface area contributed by atoms with Crippen molar-refractivity contribution in [2.24, 2.45) is 13.0 Å². The molecule has 1 aliphatic rings. The van der Waals surface area contributed by atoms with Gasteiger partial charge in [0.2, 0.25) is 0 Å². The highest BCUT2D eigenvalue weighted by Crippen LogP contribution is 2.34. The summed E-state index contributed by atoms with van der Waals surface area (Å²) in [5.74, 6) is 0.484. The van der Waals surface area contributed by atoms with Gasteiger partial charge in [-0.3, -0.25) is 4.57 Å². The Morgan fingerprint density at radius 1 is 1.18 bits per heavy atom. The van der Waals surface area contributed by atoms with Gasteiger partial charge in [0.1, 0.15) is 29.1 Å². The minimum Gasteiger partial charge on any atom is -0.490 e. The van der Waals surface area contributed by atoms with Crippen LogP contribution in [-0.2, 0) is 13.2 Å². The summed E-state index contributed by atoms with van der Waals surface area (Å²) >= 11 is 0. The molecular weight excluding hydrogens is 435 g/mol. The lowest BCUT2D eigenvalue weighted by Crippen LogP contribution is -2.50. The average molecular weight is 457 g/mol. The number of nitriles is 1. The van der Waals surface area contributed by atoms with Crippen molar-refractivity contribution in [3.05, 3.63) is 58.1 Å². The number of rotatable bonds is 3. The van der Waals surface area contributed by atoms with Crippen molar-refractivity contribution in [3.8, 4) is 11.8 Å². The highest BCUT2D eigenvalue weighted by Gasteiger charge is 2.35. The fraction of sp³-hybridized carbons (Fsp3) is 0.391. The highest BCUT2D eigenvalue weighted by molar-refractivity contribution is 5.86. The molecule has 1 saturated heterocycles. The largest absolute Gasteiger partial charge is 0.490 e. The Balaban J connectivity index is 1.63. The first-order chi connectivity index (χ1) is 15.6. The van der Waals surface area contributed by atoms with Crippen molar-refractivity contribution < 1.29 is 17.9 Å². The number of anilines is 1. The third kappa shape index (κ3) is 4.35. The van der Waals surface area contributed by atoms with Gasteiger partial charge in [-0.05, 0) is 37.3 Å². The lowest BCUT2D eigenvalue weighted by atomic mass is 9.91. The summed E-state index contributed by atoms with van der Waals surface area (Å²) in [5, 5.41) is 9.26. The molecule has 4 rings (SSSR count). The molecule has 3 heterocycles. The van der Waals surface area contributed by atoms with Crippen molar-refractivity contribution in [1.82, 2.24) is 14.5 Å². The molecule has 1 aliphatic heterocycles. The first-order valence-corrected chi connectivity index (χ1v) is 10.5. The van der Waals surface area contributed by atoms with E-state index < -0.39 is 17.4 Å². The van der Waals surface area contributed by atoms with Crippen LogP contribution in [0, 0.1) is 17.2 Å². The summed E-state index contributed by atoms with van der Waals surface area (Å²) in [4.78, 5) is 23.0. The lowest BCUT2D eigenvalue weighted by molar-refractivity contribution is -0.137. The van der Waals surface area contributed by atoms with E-state index in [9.17, 15) is 23.2 Å². The predicted molar refractivity (Wildman–Crippen MR) is 116 cm³/mol. The van der Waals surface area contributed by atoms with E-state index in [0.717, 1.165) is 12.1 Å². The lowest BCUT2D eigenvalue weighted by Gasteiger charge is -2.42. The number of alkyl halides is 3. The maximum atomic E-state index is 13.0. The van der Waals surface area contributed by atoms with Gasteiger partial charge in [-0.2, -0.15) is 23.4 Å². The molecule has 0 amide bonds. The first kappa shape index (κ1) is 22.6. The molecule has 7 nitrogen and oxygen atoms in total. The Bertz CT molecular complexity index is 1300. The van der Waals surface area contributed by atoms with Crippen LogP contribution in [0.5, 0.6) is 5.75 Å². The number of fused-ring (bicyclic) bond motifs is 1. The zero-order valence-corrected chi connectivity index (χ0v) is 18.3. The van der Waals surface area contributed by atoms with Crippen LogP contribution in [0.15, 0.2) is 41.2 Å². The number of hydrogen-bond acceptors (Lipinski definition) is 6. The number of pyridine rings is 1. The van der Waals surface area contributed by atoms with Crippen molar-refractivity contribution >= 4 is 16.9 Å². The van der Waals surface area contributed by atoms with E-state index in [2.05, 4.69) is 9.97 Å². The van der Waals surface area contributed by atoms with E-state index >= 15 is 0 Å². The number of halogens is 3. The Kier molecular flexibility index (Phi) is 5.74. The van der Waals surface area contributed by atoms with Crippen molar-refractivity contribution in [1.29, 1.82) is 5.26 Å². The molecule has 10 heteroatoms. The van der Waals surface area contributed by atoms with Gasteiger partial charge in [-0.25, -0.2) is 9.78 Å². The van der Waals surface area contributed by atoms with Crippen LogP contribution in [0.1, 0.15) is 31.5 Å². The third-order valence-electron chi connectivity index (χ3n) is 6.00. The van der Waals surface area contributed by atoms with Crippen LogP contribution >= 0.6 is 0 Å². The average Bonchev–Trinajstić information content (AvgIpc) is 2.78. The van der Waals surface area contributed by atoms with Crippen LogP contribution in [0.4, 0.5) is 19.0 Å². The molecule has 0 spiro atoms. The molecule has 1 unspecified atom stereocenters. The maximum absolute atomic E-state index is 13.0. The Hall–Kier alpha value is -3.61. The monoisotopic (exact) mass is 457 g/mol. The van der Waals surface area contributed by atoms with Crippen LogP contribution in [0.3, 0.4) is 0 Å². The van der Waals surface area contributed by atoms with Crippen LogP contribution < -0.4 is 15.3 Å². The SMILES string of the molecule is C[C@@H]1CN(c2nc(=O)n(C)c3ccc(C#N)nc23)[C@H](C)CC1Oc1cccc(C(F)(F)F)c1. The van der Waals surface area contributed by atoms with Crippen molar-refractivity contribution in [3.63, 3.8) is 0 Å². The zero-order valence-electron chi connectivity index (χ0n) is 18.3. The molecule has 1 aromatic carbocycles. The van der Waals surface area contributed by atoms with Gasteiger partial charge in [-0.15, -0.1) is 0 Å². The fourth-order valence-corrected chi connectivity index (χ4v) is 4.15. The second-order valence-electron chi connectivity index (χ2n) is 8.35. The number of piperidine rings is 1. The summed E-state index contributed by atoms with van der Waals surface area (Å²) in [6.45, 7) is 4.33. The number of hydrogen-bond donors (Lipinski definition) is 0. The molecule has 0 aliphatic carbocycles. The molecule has 1 fully saturated rings. The van der Waals surface area contributed by atoms with E-state index in [0.29, 0.717) is 29.8 Å². The molecular formula is C23H22F3N5O2. The fourth-order valence-electron chi connectivity index (χ4n) is 4.15. The summed E-state index contributed by atoms with van der Waals surface area (Å²) in [6, 6.07) is 9.96. The smallest absolute Gasteiger partial charge is 0.416 e. The molecule has 0 radical (unpaired) electrons. The van der Waals surface area contributed by atoms with Gasteiger partial charge in [0.05, 0.1) is 11.1 Å². The van der Waals surface area contributed by atoms with Crippen LogP contribution in [-0.4, -0.2) is 33.2 Å². The van der Waals surface area contributed by atoms with Gasteiger partial charge in [-0.1, -0.05) is 13.0 Å². The molecule has 3 aromatic rings. The zero-order chi connectivity index (χ0) is 23.9. The number of aryl methyl sites for hydroxylation is 1. The van der Waals surface area contributed by atoms with Gasteiger partial charge in [0.25, 0.3) is 0 Å². The number of ether oxygens (including phenoxy) is 1. The molecule has 2 aromatic heterocycles. The minimum absolute atomic E-state index is 0.0733. The Morgan fingerprint density at radius 3 is 2.64 bits per heavy atom. The second kappa shape index (κ2) is 8.39. The molecule has 0 bridgehead atoms. The molecule has 3 atom stereocenters. The van der Waals surface area contributed by atoms with E-state index in [1.54, 1.807) is 19.2 Å². The van der Waals surface area contributed by atoms with Crippen LogP contribution in [0.25, 0.3) is 11.0 Å². The summed E-state index contributed by atoms with van der Waals surface area (Å²) in [5.41, 5.74) is 0.0332. The van der Waals surface area contributed by atoms with Gasteiger partial charge >= 0.3 is 11.9 Å². The van der Waals surface area contributed by atoms with Crippen molar-refractivity contribution in [2.45, 2.75) is 38.6 Å². The van der Waals surface area contributed by atoms with Crippen molar-refractivity contribution in [2.75, 3.05) is 11.4 Å². The predicted octanol–water partition coefficient (Wildman–Crippen LogP) is 3.90. The number of benzene rings is 1. The highest BCUT2D eigenvalue weighted by atomic mass is 19.4. The molecule has 172 valence electrons. The summed E-state index contributed by atoms with van der Waals surface area (Å²) < 4.78 is 46.5. The quantitative estimate of drug-likeness (QED) is 0.593. The third-order valence-corrected chi connectivity index (χ3v) is 6.00. The Labute approximate surface area is 188 Å². The molecule has 0 saturated carbocycles. The van der Waals surface area contributed by atoms with Gasteiger partial charge in [0.15, 0.2) is 5.82 Å². The van der Waals surface area contributed by atoms with Gasteiger partial charge < -0.3 is 9.64 Å². The van der Waals surface area contributed by atoms with E-state index in [1.807, 2.05) is 24.8 Å². The van der Waals surface area contributed by atoms with E-state index in [1.165, 1.54) is 16.7 Å². The summed E-state index contributed by atoms with van der Waals surface area (Å²) in [7, 11) is 1.59. The maximum Gasteiger partial charge on any atom is 0.416 e. The van der Waals surface area contributed by atoms with E-state index in [-0.39, 0.29) is 29.5 Å². The standard InChI is InChI=1S/C23H22F3N5O2/c1-13-12-31(21-20-18(30(3)22(32)29-21)8-7-16(11-27)28-20)14(2)9-19(13)33-17-6-4-5-15(10-17)23(24,25)26/h4-8,10,13-14,19H,9,12H2,1-3H3/t13-,14-,19?/m1/s1. The minimum atomic E-state index is -4.44. The summed E-state index contributed by atoms with van der Waals surface area (Å²) in [6.07, 6.45) is -4.25. The second-order valence-corrected chi connectivity index (χ2v) is 8.35.